The quantitative estimate of drug-likeness (QED) is 0.789. The zero-order chi connectivity index (χ0) is 18.4. The zero-order valence-electron chi connectivity index (χ0n) is 16.0. The van der Waals surface area contributed by atoms with Gasteiger partial charge in [-0.2, -0.15) is 0 Å². The molecule has 140 valence electrons. The molecule has 1 amide bonds. The number of carbonyl (C=O) groups excluding carboxylic acids is 1. The van der Waals surface area contributed by atoms with Crippen molar-refractivity contribution in [2.24, 2.45) is 0 Å². The standard InChI is InChI=1S/C20H33N3O2/c1-5-19-14-22(10-11-23(19)13-16(3)24)17(4)20(25)21-12-18-9-7-6-8-15(18)2/h6-9,16-17,19,24H,5,10-14H2,1-4H3,(H,21,25)/t16-,17-,19+/m0/s1. The van der Waals surface area contributed by atoms with E-state index in [1.165, 1.54) is 5.56 Å². The second-order valence-electron chi connectivity index (χ2n) is 7.22. The van der Waals surface area contributed by atoms with Crippen molar-refractivity contribution in [1.29, 1.82) is 0 Å². The molecule has 5 heteroatoms. The molecule has 0 unspecified atom stereocenters. The van der Waals surface area contributed by atoms with E-state index in [9.17, 15) is 9.90 Å². The van der Waals surface area contributed by atoms with Crippen molar-refractivity contribution < 1.29 is 9.90 Å². The highest BCUT2D eigenvalue weighted by Gasteiger charge is 2.31. The first kappa shape index (κ1) is 19.9. The molecule has 2 N–H and O–H groups in total. The number of hydrogen-bond acceptors (Lipinski definition) is 4. The van der Waals surface area contributed by atoms with Gasteiger partial charge in [-0.1, -0.05) is 31.2 Å². The molecule has 0 aromatic heterocycles. The Hall–Kier alpha value is -1.43. The van der Waals surface area contributed by atoms with Gasteiger partial charge in [0.2, 0.25) is 5.91 Å². The van der Waals surface area contributed by atoms with Gasteiger partial charge in [-0.25, -0.2) is 0 Å². The van der Waals surface area contributed by atoms with E-state index in [-0.39, 0.29) is 18.1 Å². The molecule has 1 heterocycles. The van der Waals surface area contributed by atoms with Gasteiger partial charge in [-0.15, -0.1) is 0 Å². The summed E-state index contributed by atoms with van der Waals surface area (Å²) in [5, 5.41) is 12.7. The van der Waals surface area contributed by atoms with Crippen molar-refractivity contribution in [3.05, 3.63) is 35.4 Å². The third-order valence-electron chi connectivity index (χ3n) is 5.25. The Kier molecular flexibility index (Phi) is 7.41. The number of hydrogen-bond donors (Lipinski definition) is 2. The van der Waals surface area contributed by atoms with Gasteiger partial charge in [-0.3, -0.25) is 14.6 Å². The van der Waals surface area contributed by atoms with Crippen LogP contribution in [-0.2, 0) is 11.3 Å². The Balaban J connectivity index is 1.88. The van der Waals surface area contributed by atoms with Crippen LogP contribution in [0, 0.1) is 6.92 Å². The normalized spacial score (nSPS) is 21.7. The molecule has 0 aliphatic carbocycles. The van der Waals surface area contributed by atoms with E-state index in [1.807, 2.05) is 26.0 Å². The van der Waals surface area contributed by atoms with E-state index in [1.54, 1.807) is 0 Å². The molecule has 0 radical (unpaired) electrons. The summed E-state index contributed by atoms with van der Waals surface area (Å²) in [6.07, 6.45) is 0.719. The molecule has 25 heavy (non-hydrogen) atoms. The predicted molar refractivity (Wildman–Crippen MR) is 101 cm³/mol. The highest BCUT2D eigenvalue weighted by molar-refractivity contribution is 5.81. The van der Waals surface area contributed by atoms with E-state index < -0.39 is 0 Å². The first-order valence-corrected chi connectivity index (χ1v) is 9.40. The minimum Gasteiger partial charge on any atom is -0.392 e. The number of aliphatic hydroxyl groups is 1. The topological polar surface area (TPSA) is 55.8 Å². The van der Waals surface area contributed by atoms with E-state index in [4.69, 9.17) is 0 Å². The molecule has 0 bridgehead atoms. The average Bonchev–Trinajstić information content (AvgIpc) is 2.60. The summed E-state index contributed by atoms with van der Waals surface area (Å²) >= 11 is 0. The number of aryl methyl sites for hydroxylation is 1. The molecule has 5 nitrogen and oxygen atoms in total. The van der Waals surface area contributed by atoms with Crippen LogP contribution in [0.15, 0.2) is 24.3 Å². The molecule has 1 aromatic carbocycles. The van der Waals surface area contributed by atoms with Gasteiger partial charge >= 0.3 is 0 Å². The molecular formula is C20H33N3O2. The van der Waals surface area contributed by atoms with E-state index in [0.717, 1.165) is 31.6 Å². The molecular weight excluding hydrogens is 314 g/mol. The number of nitrogens with one attached hydrogen (secondary N) is 1. The minimum atomic E-state index is -0.310. The lowest BCUT2D eigenvalue weighted by atomic mass is 10.1. The fourth-order valence-electron chi connectivity index (χ4n) is 3.54. The van der Waals surface area contributed by atoms with Crippen LogP contribution in [0.25, 0.3) is 0 Å². The molecule has 0 spiro atoms. The Bertz CT molecular complexity index is 562. The van der Waals surface area contributed by atoms with Crippen molar-refractivity contribution >= 4 is 5.91 Å². The molecule has 1 saturated heterocycles. The number of rotatable bonds is 7. The fourth-order valence-corrected chi connectivity index (χ4v) is 3.54. The van der Waals surface area contributed by atoms with E-state index in [0.29, 0.717) is 19.1 Å². The molecule has 2 rings (SSSR count). The van der Waals surface area contributed by atoms with Crippen molar-refractivity contribution in [3.63, 3.8) is 0 Å². The lowest BCUT2D eigenvalue weighted by Crippen LogP contribution is -2.58. The summed E-state index contributed by atoms with van der Waals surface area (Å²) in [5.74, 6) is 0.0853. The number of aliphatic hydroxyl groups excluding tert-OH is 1. The van der Waals surface area contributed by atoms with Crippen molar-refractivity contribution in [3.8, 4) is 0 Å². The monoisotopic (exact) mass is 347 g/mol. The summed E-state index contributed by atoms with van der Waals surface area (Å²) in [6, 6.07) is 8.41. The number of nitrogens with zero attached hydrogens (tertiary/aromatic N) is 2. The van der Waals surface area contributed by atoms with Crippen LogP contribution in [0.1, 0.15) is 38.3 Å². The average molecular weight is 348 g/mol. The zero-order valence-corrected chi connectivity index (χ0v) is 16.0. The van der Waals surface area contributed by atoms with Crippen LogP contribution in [0.3, 0.4) is 0 Å². The predicted octanol–water partition coefficient (Wildman–Crippen LogP) is 1.78. The number of carbonyl (C=O) groups is 1. The largest absolute Gasteiger partial charge is 0.392 e. The summed E-state index contributed by atoms with van der Waals surface area (Å²) in [4.78, 5) is 17.2. The van der Waals surface area contributed by atoms with Gasteiger partial charge in [0, 0.05) is 38.8 Å². The molecule has 3 atom stereocenters. The number of β-amino-alcohol motifs (C(OH)–C–C–N with tert-alkyl or cyclic N) is 1. The maximum absolute atomic E-state index is 12.6. The van der Waals surface area contributed by atoms with Gasteiger partial charge in [0.05, 0.1) is 12.1 Å². The molecule has 1 fully saturated rings. The van der Waals surface area contributed by atoms with Crippen molar-refractivity contribution in [2.45, 2.75) is 58.8 Å². The Labute approximate surface area is 152 Å². The number of benzene rings is 1. The molecule has 1 aliphatic heterocycles. The van der Waals surface area contributed by atoms with Crippen LogP contribution >= 0.6 is 0 Å². The van der Waals surface area contributed by atoms with Crippen molar-refractivity contribution in [1.82, 2.24) is 15.1 Å². The first-order chi connectivity index (χ1) is 11.9. The lowest BCUT2D eigenvalue weighted by molar-refractivity contribution is -0.127. The third-order valence-corrected chi connectivity index (χ3v) is 5.25. The Morgan fingerprint density at radius 1 is 1.32 bits per heavy atom. The van der Waals surface area contributed by atoms with Gasteiger partial charge < -0.3 is 10.4 Å². The van der Waals surface area contributed by atoms with Gasteiger partial charge in [0.15, 0.2) is 0 Å². The summed E-state index contributed by atoms with van der Waals surface area (Å²) in [7, 11) is 0. The lowest BCUT2D eigenvalue weighted by Gasteiger charge is -2.43. The van der Waals surface area contributed by atoms with Crippen LogP contribution in [-0.4, -0.2) is 65.2 Å². The van der Waals surface area contributed by atoms with Crippen LogP contribution in [0.4, 0.5) is 0 Å². The highest BCUT2D eigenvalue weighted by atomic mass is 16.3. The van der Waals surface area contributed by atoms with Gasteiger partial charge in [-0.05, 0) is 38.3 Å². The van der Waals surface area contributed by atoms with E-state index >= 15 is 0 Å². The Morgan fingerprint density at radius 2 is 2.04 bits per heavy atom. The third kappa shape index (κ3) is 5.53. The Morgan fingerprint density at radius 3 is 2.68 bits per heavy atom. The van der Waals surface area contributed by atoms with Crippen LogP contribution in [0.2, 0.25) is 0 Å². The van der Waals surface area contributed by atoms with Gasteiger partial charge in [0.1, 0.15) is 0 Å². The summed E-state index contributed by atoms with van der Waals surface area (Å²) in [6.45, 7) is 12.0. The smallest absolute Gasteiger partial charge is 0.237 e. The van der Waals surface area contributed by atoms with Crippen molar-refractivity contribution in [2.75, 3.05) is 26.2 Å². The maximum atomic E-state index is 12.6. The SMILES string of the molecule is CC[C@@H]1CN([C@@H](C)C(=O)NCc2ccccc2C)CCN1C[C@H](C)O. The highest BCUT2D eigenvalue weighted by Crippen LogP contribution is 2.16. The summed E-state index contributed by atoms with van der Waals surface area (Å²) < 4.78 is 0. The van der Waals surface area contributed by atoms with Crippen LogP contribution in [0.5, 0.6) is 0 Å². The maximum Gasteiger partial charge on any atom is 0.237 e. The minimum absolute atomic E-state index is 0.0853. The molecule has 1 aromatic rings. The summed E-state index contributed by atoms with van der Waals surface area (Å²) in [5.41, 5.74) is 2.37. The second kappa shape index (κ2) is 9.32. The van der Waals surface area contributed by atoms with Gasteiger partial charge in [0.25, 0.3) is 0 Å². The number of amides is 1. The van der Waals surface area contributed by atoms with Crippen LogP contribution < -0.4 is 5.32 Å². The second-order valence-corrected chi connectivity index (χ2v) is 7.22. The molecule has 1 aliphatic rings. The molecule has 0 saturated carbocycles. The number of piperazine rings is 1. The fraction of sp³-hybridized carbons (Fsp3) is 0.650. The van der Waals surface area contributed by atoms with E-state index in [2.05, 4.69) is 41.1 Å². The first-order valence-electron chi connectivity index (χ1n) is 9.40.